The lowest BCUT2D eigenvalue weighted by Gasteiger charge is -2.28. The average Bonchev–Trinajstić information content (AvgIpc) is 3.14. The normalized spacial score (nSPS) is 16.5. The van der Waals surface area contributed by atoms with Crippen LogP contribution in [0.4, 0.5) is 0 Å². The van der Waals surface area contributed by atoms with Crippen molar-refractivity contribution in [3.8, 4) is 5.69 Å². The van der Waals surface area contributed by atoms with E-state index in [4.69, 9.17) is 17.3 Å². The van der Waals surface area contributed by atoms with Crippen LogP contribution in [-0.2, 0) is 0 Å². The molecule has 1 aliphatic carbocycles. The van der Waals surface area contributed by atoms with E-state index in [1.54, 1.807) is 10.9 Å². The van der Waals surface area contributed by atoms with E-state index in [-0.39, 0.29) is 11.4 Å². The van der Waals surface area contributed by atoms with Gasteiger partial charge in [0.1, 0.15) is 0 Å². The Balaban J connectivity index is 1.85. The van der Waals surface area contributed by atoms with Gasteiger partial charge in [-0.3, -0.25) is 4.79 Å². The monoisotopic (exact) mass is 332 g/mol. The number of rotatable bonds is 4. The number of nitrogens with one attached hydrogen (secondary N) is 1. The van der Waals surface area contributed by atoms with Crippen molar-refractivity contribution in [1.82, 2.24) is 15.1 Å². The summed E-state index contributed by atoms with van der Waals surface area (Å²) in [6.45, 7) is 2.35. The predicted octanol–water partition coefficient (Wildman–Crippen LogP) is 2.84. The summed E-state index contributed by atoms with van der Waals surface area (Å²) in [7, 11) is 0. The number of nitrogens with zero attached hydrogens (tertiary/aromatic N) is 2. The number of amides is 1. The quantitative estimate of drug-likeness (QED) is 0.904. The number of nitrogens with two attached hydrogens (primary N) is 1. The second-order valence-electron chi connectivity index (χ2n) is 6.18. The van der Waals surface area contributed by atoms with Gasteiger partial charge >= 0.3 is 0 Å². The van der Waals surface area contributed by atoms with Gasteiger partial charge in [0.05, 0.1) is 28.7 Å². The van der Waals surface area contributed by atoms with Crippen molar-refractivity contribution < 1.29 is 4.79 Å². The van der Waals surface area contributed by atoms with Crippen molar-refractivity contribution in [2.75, 3.05) is 6.54 Å². The van der Waals surface area contributed by atoms with Crippen molar-refractivity contribution in [2.24, 2.45) is 5.73 Å². The smallest absolute Gasteiger partial charge is 0.255 e. The molecular weight excluding hydrogens is 312 g/mol. The first-order valence-electron chi connectivity index (χ1n) is 7.88. The number of aromatic nitrogens is 2. The first-order valence-corrected chi connectivity index (χ1v) is 8.26. The molecule has 1 aromatic carbocycles. The minimum absolute atomic E-state index is 0.108. The van der Waals surface area contributed by atoms with Crippen molar-refractivity contribution in [3.63, 3.8) is 0 Å². The maximum absolute atomic E-state index is 12.7. The molecule has 3 rings (SSSR count). The molecular formula is C17H21ClN4O. The van der Waals surface area contributed by atoms with Crippen molar-refractivity contribution in [1.29, 1.82) is 0 Å². The van der Waals surface area contributed by atoms with Gasteiger partial charge in [0.25, 0.3) is 5.91 Å². The minimum atomic E-state index is -0.262. The second-order valence-corrected chi connectivity index (χ2v) is 6.62. The second kappa shape index (κ2) is 6.34. The van der Waals surface area contributed by atoms with Crippen LogP contribution < -0.4 is 11.1 Å². The summed E-state index contributed by atoms with van der Waals surface area (Å²) in [4.78, 5) is 12.7. The zero-order chi connectivity index (χ0) is 16.4. The molecule has 1 aliphatic rings. The number of hydrogen-bond acceptors (Lipinski definition) is 3. The van der Waals surface area contributed by atoms with Crippen LogP contribution in [0.25, 0.3) is 5.69 Å². The fourth-order valence-electron chi connectivity index (χ4n) is 3.24. The van der Waals surface area contributed by atoms with Gasteiger partial charge < -0.3 is 11.1 Å². The molecule has 23 heavy (non-hydrogen) atoms. The van der Waals surface area contributed by atoms with E-state index < -0.39 is 0 Å². The number of benzene rings is 1. The van der Waals surface area contributed by atoms with Crippen LogP contribution in [0.1, 0.15) is 41.7 Å². The van der Waals surface area contributed by atoms with Crippen molar-refractivity contribution in [2.45, 2.75) is 38.1 Å². The highest BCUT2D eigenvalue weighted by Crippen LogP contribution is 2.29. The maximum Gasteiger partial charge on any atom is 0.255 e. The summed E-state index contributed by atoms with van der Waals surface area (Å²) in [5, 5.41) is 8.10. The van der Waals surface area contributed by atoms with Crippen LogP contribution in [0.15, 0.2) is 30.5 Å². The van der Waals surface area contributed by atoms with Crippen molar-refractivity contribution >= 4 is 17.5 Å². The maximum atomic E-state index is 12.7. The van der Waals surface area contributed by atoms with Crippen LogP contribution in [0, 0.1) is 6.92 Å². The van der Waals surface area contributed by atoms with E-state index in [0.29, 0.717) is 17.1 Å². The molecule has 0 spiro atoms. The van der Waals surface area contributed by atoms with Gasteiger partial charge in [-0.15, -0.1) is 0 Å². The Hall–Kier alpha value is -1.85. The van der Waals surface area contributed by atoms with Gasteiger partial charge in [0.2, 0.25) is 0 Å². The summed E-state index contributed by atoms with van der Waals surface area (Å²) >= 11 is 6.03. The van der Waals surface area contributed by atoms with E-state index in [1.165, 1.54) is 0 Å². The summed E-state index contributed by atoms with van der Waals surface area (Å²) in [5.74, 6) is -0.108. The number of halogens is 1. The third-order valence-electron chi connectivity index (χ3n) is 4.64. The van der Waals surface area contributed by atoms with Gasteiger partial charge in [0.15, 0.2) is 0 Å². The molecule has 3 N–H and O–H groups in total. The highest BCUT2D eigenvalue weighted by atomic mass is 35.5. The third-order valence-corrected chi connectivity index (χ3v) is 4.87. The first kappa shape index (κ1) is 16.0. The zero-order valence-electron chi connectivity index (χ0n) is 13.2. The molecule has 0 bridgehead atoms. The Kier molecular flexibility index (Phi) is 4.41. The summed E-state index contributed by atoms with van der Waals surface area (Å²) in [6, 6.07) is 7.40. The van der Waals surface area contributed by atoms with Crippen LogP contribution in [0.5, 0.6) is 0 Å². The molecule has 1 fully saturated rings. The van der Waals surface area contributed by atoms with Crippen LogP contribution in [0.3, 0.4) is 0 Å². The molecule has 6 heteroatoms. The summed E-state index contributed by atoms with van der Waals surface area (Å²) < 4.78 is 1.73. The van der Waals surface area contributed by atoms with Gasteiger partial charge in [-0.1, -0.05) is 30.5 Å². The molecule has 0 saturated heterocycles. The van der Waals surface area contributed by atoms with E-state index in [2.05, 4.69) is 10.4 Å². The standard InChI is InChI=1S/C17H21ClN4O/c1-12-15(16(23)21-17(11-19)7-2-3-8-17)10-20-22(12)14-6-4-5-13(18)9-14/h4-6,9-10H,2-3,7-8,11,19H2,1H3,(H,21,23). The van der Waals surface area contributed by atoms with Crippen LogP contribution in [-0.4, -0.2) is 27.8 Å². The van der Waals surface area contributed by atoms with Gasteiger partial charge in [-0.2, -0.15) is 5.10 Å². The Morgan fingerprint density at radius 3 is 2.83 bits per heavy atom. The molecule has 0 unspecified atom stereocenters. The number of hydrogen-bond donors (Lipinski definition) is 2. The molecule has 1 heterocycles. The van der Waals surface area contributed by atoms with Gasteiger partial charge in [-0.25, -0.2) is 4.68 Å². The number of carbonyl (C=O) groups excluding carboxylic acids is 1. The summed E-state index contributed by atoms with van der Waals surface area (Å²) in [5.41, 5.74) is 7.83. The Morgan fingerprint density at radius 1 is 1.43 bits per heavy atom. The Morgan fingerprint density at radius 2 is 2.17 bits per heavy atom. The average molecular weight is 333 g/mol. The molecule has 0 aliphatic heterocycles. The summed E-state index contributed by atoms with van der Waals surface area (Å²) in [6.07, 6.45) is 5.70. The van der Waals surface area contributed by atoms with Gasteiger partial charge in [0, 0.05) is 11.6 Å². The lowest BCUT2D eigenvalue weighted by molar-refractivity contribution is 0.0902. The van der Waals surface area contributed by atoms with Crippen molar-refractivity contribution in [3.05, 3.63) is 46.7 Å². The minimum Gasteiger partial charge on any atom is -0.345 e. The fraction of sp³-hybridized carbons (Fsp3) is 0.412. The highest BCUT2D eigenvalue weighted by molar-refractivity contribution is 6.30. The van der Waals surface area contributed by atoms with E-state index in [9.17, 15) is 4.79 Å². The number of carbonyl (C=O) groups is 1. The lowest BCUT2D eigenvalue weighted by Crippen LogP contribution is -2.51. The molecule has 1 amide bonds. The molecule has 0 radical (unpaired) electrons. The molecule has 5 nitrogen and oxygen atoms in total. The topological polar surface area (TPSA) is 72.9 Å². The van der Waals surface area contributed by atoms with E-state index >= 15 is 0 Å². The Bertz CT molecular complexity index is 719. The highest BCUT2D eigenvalue weighted by Gasteiger charge is 2.34. The van der Waals surface area contributed by atoms with Gasteiger partial charge in [-0.05, 0) is 38.0 Å². The van der Waals surface area contributed by atoms with Crippen LogP contribution >= 0.6 is 11.6 Å². The molecule has 2 aromatic rings. The predicted molar refractivity (Wildman–Crippen MR) is 91.0 cm³/mol. The Labute approximate surface area is 140 Å². The first-order chi connectivity index (χ1) is 11.0. The molecule has 1 saturated carbocycles. The van der Waals surface area contributed by atoms with E-state index in [0.717, 1.165) is 37.1 Å². The molecule has 122 valence electrons. The third kappa shape index (κ3) is 3.12. The molecule has 0 atom stereocenters. The SMILES string of the molecule is Cc1c(C(=O)NC2(CN)CCCC2)cnn1-c1cccc(Cl)c1. The largest absolute Gasteiger partial charge is 0.345 e. The van der Waals surface area contributed by atoms with Crippen LogP contribution in [0.2, 0.25) is 5.02 Å². The fourth-order valence-corrected chi connectivity index (χ4v) is 3.43. The van der Waals surface area contributed by atoms with E-state index in [1.807, 2.05) is 31.2 Å². The lowest BCUT2D eigenvalue weighted by atomic mass is 9.97. The zero-order valence-corrected chi connectivity index (χ0v) is 13.9. The molecule has 1 aromatic heterocycles.